The van der Waals surface area contributed by atoms with Crippen LogP contribution in [0.5, 0.6) is 5.75 Å². The maximum atomic E-state index is 13.7. The Morgan fingerprint density at radius 3 is 2.89 bits per heavy atom. The summed E-state index contributed by atoms with van der Waals surface area (Å²) in [6.45, 7) is 5.36. The van der Waals surface area contributed by atoms with Gasteiger partial charge in [-0.3, -0.25) is 0 Å². The number of para-hydroxylation sites is 1. The Bertz CT molecular complexity index is 886. The Kier molecular flexibility index (Phi) is 4.43. The van der Waals surface area contributed by atoms with E-state index < -0.39 is 0 Å². The van der Waals surface area contributed by atoms with Crippen LogP contribution in [0.25, 0.3) is 0 Å². The molecule has 0 saturated carbocycles. The van der Waals surface area contributed by atoms with Gasteiger partial charge in [-0.05, 0) is 48.2 Å². The summed E-state index contributed by atoms with van der Waals surface area (Å²) in [5.41, 5.74) is 5.33. The zero-order valence-corrected chi connectivity index (χ0v) is 16.7. The summed E-state index contributed by atoms with van der Waals surface area (Å²) in [4.78, 5) is 7.61. The van der Waals surface area contributed by atoms with Crippen LogP contribution in [0.3, 0.4) is 0 Å². The number of benzene rings is 2. The van der Waals surface area contributed by atoms with Crippen LogP contribution in [0.4, 0.5) is 15.8 Å². The van der Waals surface area contributed by atoms with Gasteiger partial charge in [-0.15, -0.1) is 0 Å². The molecule has 3 aliphatic rings. The average Bonchev–Trinajstić information content (AvgIpc) is 3.04. The van der Waals surface area contributed by atoms with Crippen LogP contribution in [-0.4, -0.2) is 57.8 Å². The van der Waals surface area contributed by atoms with Crippen LogP contribution >= 0.6 is 0 Å². The minimum absolute atomic E-state index is 0.190. The highest BCUT2D eigenvalue weighted by atomic mass is 19.1. The van der Waals surface area contributed by atoms with E-state index in [4.69, 9.17) is 4.74 Å². The number of halogens is 1. The molecule has 1 fully saturated rings. The lowest BCUT2D eigenvalue weighted by Crippen LogP contribution is -2.49. The van der Waals surface area contributed by atoms with Crippen molar-refractivity contribution in [2.45, 2.75) is 24.8 Å². The summed E-state index contributed by atoms with van der Waals surface area (Å²) in [6.07, 6.45) is 2.01. The zero-order valence-electron chi connectivity index (χ0n) is 16.7. The minimum atomic E-state index is -0.190. The van der Waals surface area contributed by atoms with E-state index in [1.54, 1.807) is 19.2 Å². The molecule has 2 aromatic carbocycles. The standard InChI is InChI=1S/C23H28FN3O/c1-25-12-13-27-20-9-11-26(10-8-16-14-17(24)6-7-22(16)28-2)15-19(20)18-4-3-5-21(25)23(18)27/h3-7,14,19-20H,8-13,15H2,1-2H3/t19-,20-/m0/s1. The van der Waals surface area contributed by atoms with Crippen molar-refractivity contribution in [3.05, 3.63) is 53.3 Å². The Hall–Kier alpha value is -2.27. The van der Waals surface area contributed by atoms with Gasteiger partial charge in [0.15, 0.2) is 0 Å². The van der Waals surface area contributed by atoms with E-state index >= 15 is 0 Å². The molecule has 0 amide bonds. The van der Waals surface area contributed by atoms with Crippen molar-refractivity contribution in [2.24, 2.45) is 0 Å². The largest absolute Gasteiger partial charge is 0.496 e. The van der Waals surface area contributed by atoms with Crippen LogP contribution in [0.2, 0.25) is 0 Å². The molecule has 148 valence electrons. The van der Waals surface area contributed by atoms with Crippen LogP contribution in [0, 0.1) is 5.82 Å². The normalized spacial score (nSPS) is 23.5. The molecule has 3 heterocycles. The first-order valence-corrected chi connectivity index (χ1v) is 10.3. The van der Waals surface area contributed by atoms with Crippen molar-refractivity contribution in [2.75, 3.05) is 56.7 Å². The number of ether oxygens (including phenoxy) is 1. The molecule has 4 nitrogen and oxygen atoms in total. The van der Waals surface area contributed by atoms with Gasteiger partial charge in [-0.25, -0.2) is 4.39 Å². The number of hydrogen-bond acceptors (Lipinski definition) is 4. The highest BCUT2D eigenvalue weighted by Gasteiger charge is 2.44. The smallest absolute Gasteiger partial charge is 0.123 e. The predicted octanol–water partition coefficient (Wildman–Crippen LogP) is 3.50. The SMILES string of the molecule is COc1ccc(F)cc1CCN1CC[C@H]2[C@@H](C1)c1cccc3c1N2CCN3C. The monoisotopic (exact) mass is 381 g/mol. The van der Waals surface area contributed by atoms with E-state index in [1.165, 1.54) is 29.4 Å². The highest BCUT2D eigenvalue weighted by Crippen LogP contribution is 2.50. The maximum absolute atomic E-state index is 13.7. The summed E-state index contributed by atoms with van der Waals surface area (Å²) in [6, 6.07) is 12.2. The average molecular weight is 381 g/mol. The molecule has 0 spiro atoms. The van der Waals surface area contributed by atoms with Crippen molar-refractivity contribution < 1.29 is 9.13 Å². The van der Waals surface area contributed by atoms with Crippen molar-refractivity contribution in [3.8, 4) is 5.75 Å². The number of likely N-dealkylation sites (N-methyl/N-ethyl adjacent to an activating group) is 1. The molecule has 0 aromatic heterocycles. The molecule has 2 aromatic rings. The third-order valence-electron chi connectivity index (χ3n) is 6.82. The van der Waals surface area contributed by atoms with E-state index in [0.717, 1.165) is 50.5 Å². The molecule has 5 rings (SSSR count). The number of anilines is 2. The minimum Gasteiger partial charge on any atom is -0.496 e. The van der Waals surface area contributed by atoms with Gasteiger partial charge < -0.3 is 19.4 Å². The van der Waals surface area contributed by atoms with Crippen LogP contribution in [0.15, 0.2) is 36.4 Å². The summed E-state index contributed by atoms with van der Waals surface area (Å²) >= 11 is 0. The predicted molar refractivity (Wildman–Crippen MR) is 111 cm³/mol. The molecule has 0 aliphatic carbocycles. The maximum Gasteiger partial charge on any atom is 0.123 e. The summed E-state index contributed by atoms with van der Waals surface area (Å²) in [5, 5.41) is 0. The van der Waals surface area contributed by atoms with Crippen LogP contribution in [0.1, 0.15) is 23.5 Å². The molecule has 3 aliphatic heterocycles. The summed E-state index contributed by atoms with van der Waals surface area (Å²) in [7, 11) is 3.86. The van der Waals surface area contributed by atoms with E-state index in [9.17, 15) is 4.39 Å². The van der Waals surface area contributed by atoms with E-state index in [2.05, 4.69) is 39.9 Å². The van der Waals surface area contributed by atoms with Gasteiger partial charge >= 0.3 is 0 Å². The molecular formula is C23H28FN3O. The van der Waals surface area contributed by atoms with Crippen molar-refractivity contribution in [3.63, 3.8) is 0 Å². The third kappa shape index (κ3) is 2.84. The first kappa shape index (κ1) is 17.8. The van der Waals surface area contributed by atoms with Gasteiger partial charge in [0.2, 0.25) is 0 Å². The van der Waals surface area contributed by atoms with E-state index in [0.29, 0.717) is 12.0 Å². The van der Waals surface area contributed by atoms with Crippen LogP contribution < -0.4 is 14.5 Å². The number of methoxy groups -OCH3 is 1. The lowest BCUT2D eigenvalue weighted by atomic mass is 9.89. The lowest BCUT2D eigenvalue weighted by molar-refractivity contribution is 0.195. The Labute approximate surface area is 166 Å². The van der Waals surface area contributed by atoms with E-state index in [-0.39, 0.29) is 5.82 Å². The van der Waals surface area contributed by atoms with Gasteiger partial charge in [0.1, 0.15) is 11.6 Å². The zero-order chi connectivity index (χ0) is 19.3. The van der Waals surface area contributed by atoms with Gasteiger partial charge in [0.25, 0.3) is 0 Å². The molecule has 5 heteroatoms. The molecule has 0 N–H and O–H groups in total. The number of likely N-dealkylation sites (tertiary alicyclic amines) is 1. The lowest BCUT2D eigenvalue weighted by Gasteiger charge is -2.41. The van der Waals surface area contributed by atoms with Crippen molar-refractivity contribution in [1.82, 2.24) is 4.90 Å². The molecule has 2 atom stereocenters. The number of fused-ring (bicyclic) bond motifs is 3. The second-order valence-corrected chi connectivity index (χ2v) is 8.30. The molecule has 0 unspecified atom stereocenters. The Morgan fingerprint density at radius 1 is 1.14 bits per heavy atom. The van der Waals surface area contributed by atoms with E-state index in [1.807, 2.05) is 0 Å². The molecular weight excluding hydrogens is 353 g/mol. The van der Waals surface area contributed by atoms with Gasteiger partial charge in [-0.2, -0.15) is 0 Å². The number of hydrogen-bond donors (Lipinski definition) is 0. The van der Waals surface area contributed by atoms with Gasteiger partial charge in [-0.1, -0.05) is 12.1 Å². The fourth-order valence-corrected chi connectivity index (χ4v) is 5.40. The molecule has 28 heavy (non-hydrogen) atoms. The second kappa shape index (κ2) is 6.96. The Morgan fingerprint density at radius 2 is 2.04 bits per heavy atom. The first-order valence-electron chi connectivity index (χ1n) is 10.3. The van der Waals surface area contributed by atoms with Gasteiger partial charge in [0.05, 0.1) is 18.5 Å². The van der Waals surface area contributed by atoms with Crippen molar-refractivity contribution >= 4 is 11.4 Å². The first-order chi connectivity index (χ1) is 13.7. The van der Waals surface area contributed by atoms with Gasteiger partial charge in [0, 0.05) is 51.7 Å². The Balaban J connectivity index is 1.34. The third-order valence-corrected chi connectivity index (χ3v) is 6.82. The topological polar surface area (TPSA) is 19.0 Å². The number of nitrogens with zero attached hydrogens (tertiary/aromatic N) is 3. The fraction of sp³-hybridized carbons (Fsp3) is 0.478. The van der Waals surface area contributed by atoms with Crippen LogP contribution in [-0.2, 0) is 6.42 Å². The molecule has 0 bridgehead atoms. The summed E-state index contributed by atoms with van der Waals surface area (Å²) in [5.74, 6) is 1.17. The second-order valence-electron chi connectivity index (χ2n) is 8.30. The fourth-order valence-electron chi connectivity index (χ4n) is 5.40. The quantitative estimate of drug-likeness (QED) is 0.807. The number of rotatable bonds is 4. The summed E-state index contributed by atoms with van der Waals surface area (Å²) < 4.78 is 19.1. The van der Waals surface area contributed by atoms with Crippen molar-refractivity contribution in [1.29, 1.82) is 0 Å². The number of piperidine rings is 1. The highest BCUT2D eigenvalue weighted by molar-refractivity contribution is 5.80. The molecule has 0 radical (unpaired) electrons. The molecule has 1 saturated heterocycles.